The smallest absolute Gasteiger partial charge is 0.155 e. The van der Waals surface area contributed by atoms with Crippen LogP contribution in [0.1, 0.15) is 38.1 Å². The highest BCUT2D eigenvalue weighted by Gasteiger charge is 2.19. The van der Waals surface area contributed by atoms with Gasteiger partial charge in [0.05, 0.1) is 11.6 Å². The minimum absolute atomic E-state index is 0.472. The maximum Gasteiger partial charge on any atom is 0.155 e. The highest BCUT2D eigenvalue weighted by atomic mass is 15.4. The largest absolute Gasteiger partial charge is 0.382 e. The van der Waals surface area contributed by atoms with Gasteiger partial charge in [-0.05, 0) is 18.9 Å². The highest BCUT2D eigenvalue weighted by Crippen LogP contribution is 2.30. The van der Waals surface area contributed by atoms with Gasteiger partial charge in [-0.2, -0.15) is 0 Å². The van der Waals surface area contributed by atoms with Gasteiger partial charge in [-0.25, -0.2) is 9.67 Å². The summed E-state index contributed by atoms with van der Waals surface area (Å²) in [7, 11) is 0. The predicted octanol–water partition coefficient (Wildman–Crippen LogP) is 1.91. The summed E-state index contributed by atoms with van der Waals surface area (Å²) in [4.78, 5) is 4.03. The third-order valence-electron chi connectivity index (χ3n) is 3.34. The van der Waals surface area contributed by atoms with E-state index in [1.807, 2.05) is 10.7 Å². The summed E-state index contributed by atoms with van der Waals surface area (Å²) >= 11 is 0. The third-order valence-corrected chi connectivity index (χ3v) is 3.34. The molecule has 0 spiro atoms. The van der Waals surface area contributed by atoms with Gasteiger partial charge < -0.3 is 5.73 Å². The summed E-state index contributed by atoms with van der Waals surface area (Å²) in [6.07, 6.45) is 8.02. The fraction of sp³-hybridized carbons (Fsp3) is 0.545. The quantitative estimate of drug-likeness (QED) is 0.792. The SMILES string of the molecule is Nc1nccc2c1nnn2C1CCCCC1. The zero-order valence-corrected chi connectivity index (χ0v) is 9.13. The molecule has 0 aliphatic heterocycles. The van der Waals surface area contributed by atoms with E-state index in [0.29, 0.717) is 11.9 Å². The van der Waals surface area contributed by atoms with Gasteiger partial charge >= 0.3 is 0 Å². The van der Waals surface area contributed by atoms with Crippen molar-refractivity contribution in [3.63, 3.8) is 0 Å². The van der Waals surface area contributed by atoms with E-state index in [0.717, 1.165) is 11.0 Å². The second-order valence-corrected chi connectivity index (χ2v) is 4.39. The van der Waals surface area contributed by atoms with Crippen molar-refractivity contribution in [2.45, 2.75) is 38.1 Å². The number of nitrogens with zero attached hydrogens (tertiary/aromatic N) is 4. The van der Waals surface area contributed by atoms with Crippen LogP contribution in [-0.4, -0.2) is 20.0 Å². The molecule has 0 aromatic carbocycles. The molecule has 1 fully saturated rings. The van der Waals surface area contributed by atoms with Crippen LogP contribution in [0.25, 0.3) is 11.0 Å². The number of aromatic nitrogens is 4. The van der Waals surface area contributed by atoms with E-state index in [1.54, 1.807) is 6.20 Å². The van der Waals surface area contributed by atoms with Crippen LogP contribution in [0.3, 0.4) is 0 Å². The van der Waals surface area contributed by atoms with Gasteiger partial charge in [0, 0.05) is 6.20 Å². The van der Waals surface area contributed by atoms with Crippen molar-refractivity contribution in [2.75, 3.05) is 5.73 Å². The molecule has 84 valence electrons. The fourth-order valence-corrected chi connectivity index (χ4v) is 2.48. The van der Waals surface area contributed by atoms with Crippen LogP contribution in [0, 0.1) is 0 Å². The molecule has 2 aromatic rings. The first-order valence-electron chi connectivity index (χ1n) is 5.81. The number of rotatable bonds is 1. The van der Waals surface area contributed by atoms with Crippen LogP contribution < -0.4 is 5.73 Å². The second kappa shape index (κ2) is 3.73. The first kappa shape index (κ1) is 9.57. The second-order valence-electron chi connectivity index (χ2n) is 4.39. The summed E-state index contributed by atoms with van der Waals surface area (Å²) in [5, 5.41) is 8.35. The van der Waals surface area contributed by atoms with E-state index in [2.05, 4.69) is 15.3 Å². The Hall–Kier alpha value is -1.65. The average molecular weight is 217 g/mol. The Kier molecular flexibility index (Phi) is 2.23. The Morgan fingerprint density at radius 1 is 1.25 bits per heavy atom. The molecule has 16 heavy (non-hydrogen) atoms. The first-order chi connectivity index (χ1) is 7.86. The molecule has 1 aliphatic rings. The molecule has 3 rings (SSSR count). The number of nitrogen functional groups attached to an aromatic ring is 1. The van der Waals surface area contributed by atoms with Crippen molar-refractivity contribution in [1.29, 1.82) is 0 Å². The first-order valence-corrected chi connectivity index (χ1v) is 5.81. The molecule has 0 amide bonds. The van der Waals surface area contributed by atoms with Crippen LogP contribution in [0.4, 0.5) is 5.82 Å². The van der Waals surface area contributed by atoms with Crippen molar-refractivity contribution >= 4 is 16.9 Å². The van der Waals surface area contributed by atoms with E-state index in [9.17, 15) is 0 Å². The molecule has 1 saturated carbocycles. The Labute approximate surface area is 93.7 Å². The molecular weight excluding hydrogens is 202 g/mol. The molecular formula is C11H15N5. The number of anilines is 1. The minimum atomic E-state index is 0.472. The van der Waals surface area contributed by atoms with Crippen LogP contribution in [0.5, 0.6) is 0 Å². The molecule has 5 nitrogen and oxygen atoms in total. The van der Waals surface area contributed by atoms with Crippen molar-refractivity contribution in [3.8, 4) is 0 Å². The van der Waals surface area contributed by atoms with Crippen LogP contribution >= 0.6 is 0 Å². The Morgan fingerprint density at radius 3 is 2.88 bits per heavy atom. The van der Waals surface area contributed by atoms with Gasteiger partial charge in [0.1, 0.15) is 0 Å². The maximum absolute atomic E-state index is 5.77. The van der Waals surface area contributed by atoms with E-state index in [1.165, 1.54) is 32.1 Å². The molecule has 0 radical (unpaired) electrons. The maximum atomic E-state index is 5.77. The predicted molar refractivity (Wildman–Crippen MR) is 61.9 cm³/mol. The van der Waals surface area contributed by atoms with E-state index in [-0.39, 0.29) is 0 Å². The molecule has 2 heterocycles. The molecule has 2 aromatic heterocycles. The average Bonchev–Trinajstić information content (AvgIpc) is 2.75. The number of fused-ring (bicyclic) bond motifs is 1. The number of hydrogen-bond donors (Lipinski definition) is 1. The summed E-state index contributed by atoms with van der Waals surface area (Å²) < 4.78 is 2.02. The van der Waals surface area contributed by atoms with Gasteiger partial charge in [0.15, 0.2) is 11.3 Å². The summed E-state index contributed by atoms with van der Waals surface area (Å²) in [6, 6.07) is 2.43. The van der Waals surface area contributed by atoms with Crippen molar-refractivity contribution in [2.24, 2.45) is 0 Å². The van der Waals surface area contributed by atoms with Crippen LogP contribution in [0.15, 0.2) is 12.3 Å². The molecule has 5 heteroatoms. The van der Waals surface area contributed by atoms with Crippen molar-refractivity contribution < 1.29 is 0 Å². The number of pyridine rings is 1. The lowest BCUT2D eigenvalue weighted by atomic mass is 9.95. The zero-order chi connectivity index (χ0) is 11.0. The lowest BCUT2D eigenvalue weighted by Crippen LogP contribution is -2.14. The van der Waals surface area contributed by atoms with E-state index >= 15 is 0 Å². The minimum Gasteiger partial charge on any atom is -0.382 e. The molecule has 0 atom stereocenters. The van der Waals surface area contributed by atoms with Crippen LogP contribution in [-0.2, 0) is 0 Å². The Bertz CT molecular complexity index is 498. The molecule has 0 saturated heterocycles. The van der Waals surface area contributed by atoms with Crippen LogP contribution in [0.2, 0.25) is 0 Å². The lowest BCUT2D eigenvalue weighted by molar-refractivity contribution is 0.331. The molecule has 0 unspecified atom stereocenters. The molecule has 0 bridgehead atoms. The standard InChI is InChI=1S/C11H15N5/c12-11-10-9(6-7-13-11)16(15-14-10)8-4-2-1-3-5-8/h6-8H,1-5H2,(H2,12,13). The Balaban J connectivity index is 2.06. The normalized spacial score (nSPS) is 18.0. The molecule has 2 N–H and O–H groups in total. The monoisotopic (exact) mass is 217 g/mol. The summed E-state index contributed by atoms with van der Waals surface area (Å²) in [6.45, 7) is 0. The fourth-order valence-electron chi connectivity index (χ4n) is 2.48. The summed E-state index contributed by atoms with van der Waals surface area (Å²) in [5.74, 6) is 0.472. The third kappa shape index (κ3) is 1.43. The van der Waals surface area contributed by atoms with Gasteiger partial charge in [0.25, 0.3) is 0 Å². The highest BCUT2D eigenvalue weighted by molar-refractivity contribution is 5.83. The number of hydrogen-bond acceptors (Lipinski definition) is 4. The van der Waals surface area contributed by atoms with Gasteiger partial charge in [-0.15, -0.1) is 5.10 Å². The lowest BCUT2D eigenvalue weighted by Gasteiger charge is -2.21. The van der Waals surface area contributed by atoms with E-state index in [4.69, 9.17) is 5.73 Å². The van der Waals surface area contributed by atoms with Gasteiger partial charge in [0.2, 0.25) is 0 Å². The molecule has 1 aliphatic carbocycles. The van der Waals surface area contributed by atoms with Crippen molar-refractivity contribution in [1.82, 2.24) is 20.0 Å². The van der Waals surface area contributed by atoms with Gasteiger partial charge in [-0.1, -0.05) is 24.5 Å². The number of nitrogens with two attached hydrogens (primary N) is 1. The van der Waals surface area contributed by atoms with Crippen molar-refractivity contribution in [3.05, 3.63) is 12.3 Å². The van der Waals surface area contributed by atoms with E-state index < -0.39 is 0 Å². The Morgan fingerprint density at radius 2 is 2.06 bits per heavy atom. The topological polar surface area (TPSA) is 69.6 Å². The summed E-state index contributed by atoms with van der Waals surface area (Å²) in [5.41, 5.74) is 7.52. The zero-order valence-electron chi connectivity index (χ0n) is 9.13. The van der Waals surface area contributed by atoms with Gasteiger partial charge in [-0.3, -0.25) is 0 Å².